The van der Waals surface area contributed by atoms with Crippen LogP contribution in [0.15, 0.2) is 0 Å². The van der Waals surface area contributed by atoms with Crippen LogP contribution < -0.4 is 0 Å². The molecule has 4 atom stereocenters. The minimum atomic E-state index is 0.322. The summed E-state index contributed by atoms with van der Waals surface area (Å²) in [5, 5.41) is 19.2. The second-order valence-corrected chi connectivity index (χ2v) is 9.78. The first kappa shape index (κ1) is 13.7. The lowest BCUT2D eigenvalue weighted by Gasteiger charge is -2.16. The normalized spacial score (nSPS) is 39.4. The highest BCUT2D eigenvalue weighted by molar-refractivity contribution is 8.26. The van der Waals surface area contributed by atoms with Gasteiger partial charge in [0.15, 0.2) is 0 Å². The van der Waals surface area contributed by atoms with Gasteiger partial charge in [0.1, 0.15) is 0 Å². The van der Waals surface area contributed by atoms with Crippen molar-refractivity contribution in [1.29, 1.82) is 0 Å². The third-order valence-corrected chi connectivity index (χ3v) is 10.3. The average molecular weight is 299 g/mol. The summed E-state index contributed by atoms with van der Waals surface area (Å²) >= 11 is 8.21. The van der Waals surface area contributed by atoms with Crippen molar-refractivity contribution >= 4 is 47.0 Å². The Labute approximate surface area is 114 Å². The number of hydrogen-bond donors (Lipinski definition) is 2. The molecule has 0 saturated carbocycles. The van der Waals surface area contributed by atoms with Crippen molar-refractivity contribution in [2.75, 3.05) is 24.7 Å². The zero-order valence-electron chi connectivity index (χ0n) is 9.08. The summed E-state index contributed by atoms with van der Waals surface area (Å²) in [6, 6.07) is 0. The highest BCUT2D eigenvalue weighted by atomic mass is 32.2. The molecule has 2 aliphatic heterocycles. The van der Waals surface area contributed by atoms with Crippen molar-refractivity contribution in [2.24, 2.45) is 0 Å². The van der Waals surface area contributed by atoms with E-state index >= 15 is 0 Å². The Morgan fingerprint density at radius 1 is 0.812 bits per heavy atom. The van der Waals surface area contributed by atoms with Gasteiger partial charge in [0.05, 0.1) is 9.16 Å². The molecular formula is C10H18O2S4. The predicted molar refractivity (Wildman–Crippen MR) is 78.7 cm³/mol. The third kappa shape index (κ3) is 3.65. The fourth-order valence-corrected chi connectivity index (χ4v) is 9.63. The zero-order chi connectivity index (χ0) is 11.4. The molecule has 0 aliphatic carbocycles. The Balaban J connectivity index is 1.73. The molecular weight excluding hydrogens is 280 g/mol. The van der Waals surface area contributed by atoms with Gasteiger partial charge in [0.2, 0.25) is 0 Å². The topological polar surface area (TPSA) is 40.5 Å². The molecule has 4 unspecified atom stereocenters. The van der Waals surface area contributed by atoms with Crippen LogP contribution in [0, 0.1) is 0 Å². The molecule has 2 heterocycles. The van der Waals surface area contributed by atoms with E-state index in [1.807, 2.05) is 0 Å². The first-order valence-electron chi connectivity index (χ1n) is 5.59. The number of aliphatic hydroxyl groups is 2. The molecule has 2 saturated heterocycles. The summed E-state index contributed by atoms with van der Waals surface area (Å²) in [4.78, 5) is 0. The van der Waals surface area contributed by atoms with Gasteiger partial charge in [0.25, 0.3) is 0 Å². The van der Waals surface area contributed by atoms with E-state index in [1.54, 1.807) is 0 Å². The summed E-state index contributed by atoms with van der Waals surface area (Å²) in [6.07, 6.45) is 1.88. The van der Waals surface area contributed by atoms with Gasteiger partial charge < -0.3 is 10.2 Å². The molecule has 0 aromatic heterocycles. The minimum Gasteiger partial charge on any atom is -0.396 e. The Bertz CT molecular complexity index is 195. The number of thioether (sulfide) groups is 4. The fourth-order valence-electron chi connectivity index (χ4n) is 1.82. The SMILES string of the molecule is OCCC1CSC(C2SCC(CCO)S2)S1. The number of hydrogen-bond acceptors (Lipinski definition) is 6. The molecule has 0 aromatic carbocycles. The van der Waals surface area contributed by atoms with Gasteiger partial charge in [-0.15, -0.1) is 47.0 Å². The van der Waals surface area contributed by atoms with Gasteiger partial charge in [-0.3, -0.25) is 0 Å². The summed E-state index contributed by atoms with van der Waals surface area (Å²) in [6.45, 7) is 0.645. The van der Waals surface area contributed by atoms with Crippen molar-refractivity contribution in [1.82, 2.24) is 0 Å². The molecule has 0 aromatic rings. The van der Waals surface area contributed by atoms with Crippen molar-refractivity contribution in [3.63, 3.8) is 0 Å². The van der Waals surface area contributed by atoms with Crippen LogP contribution in [0.3, 0.4) is 0 Å². The van der Waals surface area contributed by atoms with Crippen molar-refractivity contribution < 1.29 is 10.2 Å². The molecule has 2 aliphatic rings. The van der Waals surface area contributed by atoms with Gasteiger partial charge in [0, 0.05) is 35.2 Å². The molecule has 0 amide bonds. The number of rotatable bonds is 5. The van der Waals surface area contributed by atoms with Crippen molar-refractivity contribution in [3.8, 4) is 0 Å². The first-order valence-corrected chi connectivity index (χ1v) is 9.57. The molecule has 94 valence electrons. The lowest BCUT2D eigenvalue weighted by Crippen LogP contribution is -2.10. The quantitative estimate of drug-likeness (QED) is 0.810. The van der Waals surface area contributed by atoms with Crippen LogP contribution in [0.4, 0.5) is 0 Å². The zero-order valence-corrected chi connectivity index (χ0v) is 12.3. The van der Waals surface area contributed by atoms with E-state index in [-0.39, 0.29) is 0 Å². The smallest absolute Gasteiger partial charge is 0.0715 e. The van der Waals surface area contributed by atoms with E-state index in [9.17, 15) is 0 Å². The van der Waals surface area contributed by atoms with Crippen molar-refractivity contribution in [2.45, 2.75) is 32.5 Å². The van der Waals surface area contributed by atoms with Gasteiger partial charge in [-0.25, -0.2) is 0 Å². The molecule has 0 spiro atoms. The first-order chi connectivity index (χ1) is 7.83. The molecule has 2 fully saturated rings. The lowest BCUT2D eigenvalue weighted by atomic mass is 10.3. The maximum absolute atomic E-state index is 8.93. The predicted octanol–water partition coefficient (Wildman–Crippen LogP) is 2.10. The van der Waals surface area contributed by atoms with Gasteiger partial charge >= 0.3 is 0 Å². The summed E-state index contributed by atoms with van der Waals surface area (Å²) < 4.78 is 1.38. The van der Waals surface area contributed by atoms with Crippen LogP contribution in [-0.4, -0.2) is 54.6 Å². The standard InChI is InChI=1S/C10H18O2S4/c11-3-1-7-5-13-9(15-7)10-14-6-8(16-10)2-4-12/h7-12H,1-6H2. The Morgan fingerprint density at radius 3 is 1.62 bits per heavy atom. The summed E-state index contributed by atoms with van der Waals surface area (Å²) in [7, 11) is 0. The lowest BCUT2D eigenvalue weighted by molar-refractivity contribution is 0.289. The average Bonchev–Trinajstić information content (AvgIpc) is 2.87. The molecule has 2 rings (SSSR count). The van der Waals surface area contributed by atoms with Crippen LogP contribution in [0.2, 0.25) is 0 Å². The van der Waals surface area contributed by atoms with E-state index < -0.39 is 0 Å². The van der Waals surface area contributed by atoms with Crippen LogP contribution in [0.1, 0.15) is 12.8 Å². The van der Waals surface area contributed by atoms with E-state index in [4.69, 9.17) is 10.2 Å². The number of aliphatic hydroxyl groups excluding tert-OH is 2. The summed E-state index contributed by atoms with van der Waals surface area (Å²) in [5.41, 5.74) is 0. The second-order valence-electron chi connectivity index (χ2n) is 3.94. The molecule has 2 N–H and O–H groups in total. The molecule has 6 heteroatoms. The van der Waals surface area contributed by atoms with Crippen molar-refractivity contribution in [3.05, 3.63) is 0 Å². The Morgan fingerprint density at radius 2 is 1.25 bits per heavy atom. The molecule has 0 radical (unpaired) electrons. The van der Waals surface area contributed by atoms with Crippen LogP contribution in [-0.2, 0) is 0 Å². The van der Waals surface area contributed by atoms with E-state index in [2.05, 4.69) is 47.0 Å². The van der Waals surface area contributed by atoms with Gasteiger partial charge in [-0.2, -0.15) is 0 Å². The van der Waals surface area contributed by atoms with Gasteiger partial charge in [-0.05, 0) is 12.8 Å². The largest absolute Gasteiger partial charge is 0.396 e. The second kappa shape index (κ2) is 7.04. The highest BCUT2D eigenvalue weighted by Gasteiger charge is 2.37. The fraction of sp³-hybridized carbons (Fsp3) is 1.00. The molecule has 16 heavy (non-hydrogen) atoms. The maximum Gasteiger partial charge on any atom is 0.0715 e. The van der Waals surface area contributed by atoms with E-state index in [0.717, 1.165) is 12.8 Å². The van der Waals surface area contributed by atoms with E-state index in [1.165, 1.54) is 11.5 Å². The van der Waals surface area contributed by atoms with Crippen LogP contribution in [0.5, 0.6) is 0 Å². The highest BCUT2D eigenvalue weighted by Crippen LogP contribution is 2.52. The maximum atomic E-state index is 8.93. The van der Waals surface area contributed by atoms with Crippen LogP contribution >= 0.6 is 47.0 Å². The minimum absolute atomic E-state index is 0.322. The summed E-state index contributed by atoms with van der Waals surface area (Å²) in [5.74, 6) is 2.39. The Kier molecular flexibility index (Phi) is 6.05. The van der Waals surface area contributed by atoms with Gasteiger partial charge in [-0.1, -0.05) is 0 Å². The monoisotopic (exact) mass is 298 g/mol. The molecule has 2 nitrogen and oxygen atoms in total. The van der Waals surface area contributed by atoms with E-state index in [0.29, 0.717) is 32.9 Å². The Hall–Kier alpha value is 1.32. The van der Waals surface area contributed by atoms with Crippen LogP contribution in [0.25, 0.3) is 0 Å². The molecule has 0 bridgehead atoms. The third-order valence-electron chi connectivity index (χ3n) is 2.67.